The lowest BCUT2D eigenvalue weighted by molar-refractivity contribution is 0.215. The number of likely N-dealkylation sites (tertiary alicyclic amines) is 1. The summed E-state index contributed by atoms with van der Waals surface area (Å²) in [6.07, 6.45) is 3.06. The molecule has 3 rings (SSSR count). The van der Waals surface area contributed by atoms with Gasteiger partial charge in [0.15, 0.2) is 0 Å². The van der Waals surface area contributed by atoms with Crippen molar-refractivity contribution in [2.24, 2.45) is 5.73 Å². The fraction of sp³-hybridized carbons (Fsp3) is 0.400. The third kappa shape index (κ3) is 5.84. The maximum Gasteiger partial charge on any atom is 0.262 e. The van der Waals surface area contributed by atoms with Crippen molar-refractivity contribution in [3.63, 3.8) is 0 Å². The van der Waals surface area contributed by atoms with Crippen LogP contribution in [0.4, 0.5) is 5.69 Å². The summed E-state index contributed by atoms with van der Waals surface area (Å²) in [6.45, 7) is 4.81. The first-order valence-corrected chi connectivity index (χ1v) is 11.1. The van der Waals surface area contributed by atoms with Gasteiger partial charge >= 0.3 is 0 Å². The van der Waals surface area contributed by atoms with Crippen LogP contribution < -0.4 is 10.5 Å². The van der Waals surface area contributed by atoms with E-state index >= 15 is 0 Å². The number of nitrogens with one attached hydrogen (secondary N) is 1. The fourth-order valence-corrected chi connectivity index (χ4v) is 4.85. The standard InChI is InChI=1S/C20H26ClN3O2S.ClH/c1-15-19(21)3-2-4-20(15)27(25,26)23-18-7-5-16(6-8-18)9-12-24-13-10-17(22)11-14-24;/h2-8,17,23H,9-14,22H2,1H3;1H. The number of anilines is 1. The first-order valence-electron chi connectivity index (χ1n) is 9.20. The Morgan fingerprint density at radius 1 is 1.14 bits per heavy atom. The summed E-state index contributed by atoms with van der Waals surface area (Å²) in [6, 6.07) is 12.8. The normalized spacial score (nSPS) is 15.8. The van der Waals surface area contributed by atoms with Crippen LogP contribution in [0, 0.1) is 6.92 Å². The second kappa shape index (κ2) is 9.94. The SMILES string of the molecule is Cc1c(Cl)cccc1S(=O)(=O)Nc1ccc(CCN2CCC(N)CC2)cc1.Cl. The Morgan fingerprint density at radius 2 is 1.79 bits per heavy atom. The number of hydrogen-bond acceptors (Lipinski definition) is 4. The molecular weight excluding hydrogens is 417 g/mol. The molecule has 3 N–H and O–H groups in total. The van der Waals surface area contributed by atoms with Gasteiger partial charge in [0.25, 0.3) is 10.0 Å². The fourth-order valence-electron chi connectivity index (χ4n) is 3.29. The smallest absolute Gasteiger partial charge is 0.262 e. The number of piperidine rings is 1. The van der Waals surface area contributed by atoms with Crippen LogP contribution in [0.15, 0.2) is 47.4 Å². The number of halogens is 2. The summed E-state index contributed by atoms with van der Waals surface area (Å²) in [5, 5.41) is 0.437. The lowest BCUT2D eigenvalue weighted by atomic mass is 10.1. The first-order chi connectivity index (χ1) is 12.8. The van der Waals surface area contributed by atoms with Gasteiger partial charge in [0, 0.05) is 23.3 Å². The second-order valence-corrected chi connectivity index (χ2v) is 9.15. The summed E-state index contributed by atoms with van der Waals surface area (Å²) in [4.78, 5) is 2.63. The molecule has 1 saturated heterocycles. The molecule has 0 aromatic heterocycles. The Kier molecular flexibility index (Phi) is 8.16. The van der Waals surface area contributed by atoms with E-state index in [-0.39, 0.29) is 17.3 Å². The summed E-state index contributed by atoms with van der Waals surface area (Å²) < 4.78 is 27.9. The van der Waals surface area contributed by atoms with E-state index in [1.165, 1.54) is 5.56 Å². The van der Waals surface area contributed by atoms with E-state index in [0.29, 0.717) is 22.3 Å². The predicted molar refractivity (Wildman–Crippen MR) is 118 cm³/mol. The summed E-state index contributed by atoms with van der Waals surface area (Å²) >= 11 is 6.05. The maximum absolute atomic E-state index is 12.6. The minimum atomic E-state index is -3.67. The molecule has 1 heterocycles. The molecule has 1 fully saturated rings. The van der Waals surface area contributed by atoms with E-state index in [0.717, 1.165) is 38.9 Å². The Morgan fingerprint density at radius 3 is 2.43 bits per heavy atom. The molecule has 1 aliphatic heterocycles. The van der Waals surface area contributed by atoms with E-state index in [2.05, 4.69) is 9.62 Å². The summed E-state index contributed by atoms with van der Waals surface area (Å²) in [5.74, 6) is 0. The number of nitrogens with zero attached hydrogens (tertiary/aromatic N) is 1. The van der Waals surface area contributed by atoms with Crippen LogP contribution in [0.25, 0.3) is 0 Å². The number of nitrogens with two attached hydrogens (primary N) is 1. The van der Waals surface area contributed by atoms with Crippen molar-refractivity contribution in [1.29, 1.82) is 0 Å². The zero-order valence-corrected chi connectivity index (χ0v) is 18.3. The van der Waals surface area contributed by atoms with Gasteiger partial charge in [-0.15, -0.1) is 12.4 Å². The Balaban J connectivity index is 0.00000280. The van der Waals surface area contributed by atoms with Crippen molar-refractivity contribution >= 4 is 39.7 Å². The van der Waals surface area contributed by atoms with Crippen LogP contribution in [0.3, 0.4) is 0 Å². The van der Waals surface area contributed by atoms with E-state index < -0.39 is 10.0 Å². The third-order valence-electron chi connectivity index (χ3n) is 5.06. The van der Waals surface area contributed by atoms with Gasteiger partial charge in [0.1, 0.15) is 0 Å². The average Bonchev–Trinajstić information content (AvgIpc) is 2.64. The number of sulfonamides is 1. The topological polar surface area (TPSA) is 75.4 Å². The second-order valence-electron chi connectivity index (χ2n) is 7.09. The molecule has 154 valence electrons. The van der Waals surface area contributed by atoms with Crippen molar-refractivity contribution in [1.82, 2.24) is 4.90 Å². The first kappa shape index (κ1) is 23.0. The molecule has 0 bridgehead atoms. The Labute approximate surface area is 178 Å². The van der Waals surface area contributed by atoms with Crippen LogP contribution in [0.1, 0.15) is 24.0 Å². The molecular formula is C20H27Cl2N3O2S. The molecule has 0 amide bonds. The van der Waals surface area contributed by atoms with Crippen molar-refractivity contribution in [3.8, 4) is 0 Å². The summed E-state index contributed by atoms with van der Waals surface area (Å²) in [5.41, 5.74) is 8.22. The van der Waals surface area contributed by atoms with Gasteiger partial charge in [0.05, 0.1) is 4.90 Å². The third-order valence-corrected chi connectivity index (χ3v) is 7.00. The predicted octanol–water partition coefficient (Wildman–Crippen LogP) is 3.84. The highest BCUT2D eigenvalue weighted by Gasteiger charge is 2.18. The van der Waals surface area contributed by atoms with E-state index in [4.69, 9.17) is 17.3 Å². The molecule has 0 saturated carbocycles. The number of hydrogen-bond donors (Lipinski definition) is 2. The van der Waals surface area contributed by atoms with Gasteiger partial charge in [0.2, 0.25) is 0 Å². The largest absolute Gasteiger partial charge is 0.328 e. The van der Waals surface area contributed by atoms with Crippen LogP contribution >= 0.6 is 24.0 Å². The molecule has 5 nitrogen and oxygen atoms in total. The molecule has 0 spiro atoms. The molecule has 2 aromatic rings. The molecule has 8 heteroatoms. The van der Waals surface area contributed by atoms with Gasteiger partial charge in [-0.2, -0.15) is 0 Å². The van der Waals surface area contributed by atoms with E-state index in [1.54, 1.807) is 37.3 Å². The minimum absolute atomic E-state index is 0. The van der Waals surface area contributed by atoms with Crippen molar-refractivity contribution in [2.45, 2.75) is 37.1 Å². The van der Waals surface area contributed by atoms with Gasteiger partial charge in [-0.25, -0.2) is 8.42 Å². The molecule has 1 aliphatic rings. The monoisotopic (exact) mass is 443 g/mol. The average molecular weight is 444 g/mol. The Bertz CT molecular complexity index is 881. The summed E-state index contributed by atoms with van der Waals surface area (Å²) in [7, 11) is -3.67. The van der Waals surface area contributed by atoms with Crippen LogP contribution in [0.2, 0.25) is 5.02 Å². The molecule has 28 heavy (non-hydrogen) atoms. The van der Waals surface area contributed by atoms with Crippen LogP contribution in [-0.4, -0.2) is 39.0 Å². The van der Waals surface area contributed by atoms with Crippen molar-refractivity contribution in [2.75, 3.05) is 24.4 Å². The van der Waals surface area contributed by atoms with Crippen molar-refractivity contribution < 1.29 is 8.42 Å². The van der Waals surface area contributed by atoms with Crippen molar-refractivity contribution in [3.05, 3.63) is 58.6 Å². The van der Waals surface area contributed by atoms with Gasteiger partial charge < -0.3 is 10.6 Å². The zero-order valence-electron chi connectivity index (χ0n) is 15.9. The Hall–Kier alpha value is -1.31. The van der Waals surface area contributed by atoms with E-state index in [9.17, 15) is 8.42 Å². The highest BCUT2D eigenvalue weighted by atomic mass is 35.5. The zero-order chi connectivity index (χ0) is 19.4. The van der Waals surface area contributed by atoms with Gasteiger partial charge in [-0.1, -0.05) is 29.8 Å². The number of rotatable bonds is 6. The molecule has 0 atom stereocenters. The lowest BCUT2D eigenvalue weighted by Crippen LogP contribution is -2.40. The quantitative estimate of drug-likeness (QED) is 0.710. The highest BCUT2D eigenvalue weighted by molar-refractivity contribution is 7.92. The molecule has 0 radical (unpaired) electrons. The minimum Gasteiger partial charge on any atom is -0.328 e. The highest BCUT2D eigenvalue weighted by Crippen LogP contribution is 2.25. The van der Waals surface area contributed by atoms with Gasteiger partial charge in [-0.3, -0.25) is 4.72 Å². The molecule has 2 aromatic carbocycles. The number of benzene rings is 2. The lowest BCUT2D eigenvalue weighted by Gasteiger charge is -2.29. The van der Waals surface area contributed by atoms with Crippen LogP contribution in [-0.2, 0) is 16.4 Å². The molecule has 0 unspecified atom stereocenters. The van der Waals surface area contributed by atoms with E-state index in [1.807, 2.05) is 12.1 Å². The van der Waals surface area contributed by atoms with Gasteiger partial charge in [-0.05, 0) is 74.7 Å². The van der Waals surface area contributed by atoms with Crippen LogP contribution in [0.5, 0.6) is 0 Å². The maximum atomic E-state index is 12.6. The molecule has 0 aliphatic carbocycles.